The monoisotopic (exact) mass is 449 g/mol. The molecule has 1 saturated carbocycles. The number of hydrogen-bond acceptors (Lipinski definition) is 6. The largest absolute Gasteiger partial charge is 0.383 e. The molecule has 30 heavy (non-hydrogen) atoms. The van der Waals surface area contributed by atoms with E-state index in [9.17, 15) is 9.59 Å². The van der Waals surface area contributed by atoms with Gasteiger partial charge in [-0.25, -0.2) is 4.98 Å². The maximum atomic E-state index is 13.4. The van der Waals surface area contributed by atoms with Crippen LogP contribution in [-0.2, 0) is 28.9 Å². The maximum Gasteiger partial charge on any atom is 0.263 e. The molecule has 2 aromatic heterocycles. The first-order chi connectivity index (χ1) is 14.6. The van der Waals surface area contributed by atoms with E-state index in [0.717, 1.165) is 42.3 Å². The normalized spacial score (nSPS) is 18.3. The van der Waals surface area contributed by atoms with Gasteiger partial charge in [-0.15, -0.1) is 11.3 Å². The Morgan fingerprint density at radius 1 is 1.27 bits per heavy atom. The molecule has 6 nitrogen and oxygen atoms in total. The number of nitrogens with zero attached hydrogens (tertiary/aromatic N) is 2. The molecule has 1 amide bonds. The van der Waals surface area contributed by atoms with Gasteiger partial charge >= 0.3 is 0 Å². The first-order valence-electron chi connectivity index (χ1n) is 11.1. The number of carbonyl (C=O) groups is 1. The van der Waals surface area contributed by atoms with Crippen molar-refractivity contribution in [2.75, 3.05) is 13.7 Å². The molecule has 0 aromatic carbocycles. The van der Waals surface area contributed by atoms with Gasteiger partial charge in [0.1, 0.15) is 4.83 Å². The van der Waals surface area contributed by atoms with Crippen LogP contribution in [0, 0.1) is 0 Å². The van der Waals surface area contributed by atoms with Gasteiger partial charge < -0.3 is 10.1 Å². The summed E-state index contributed by atoms with van der Waals surface area (Å²) in [5.74, 6) is 0.0324. The van der Waals surface area contributed by atoms with Crippen molar-refractivity contribution < 1.29 is 9.53 Å². The Kier molecular flexibility index (Phi) is 7.16. The highest BCUT2D eigenvalue weighted by Crippen LogP contribution is 2.35. The summed E-state index contributed by atoms with van der Waals surface area (Å²) in [5.41, 5.74) is 1.21. The van der Waals surface area contributed by atoms with E-state index in [1.165, 1.54) is 47.9 Å². The molecule has 1 unspecified atom stereocenters. The van der Waals surface area contributed by atoms with Gasteiger partial charge in [-0.05, 0) is 51.0 Å². The minimum Gasteiger partial charge on any atom is -0.383 e. The van der Waals surface area contributed by atoms with Crippen molar-refractivity contribution in [3.05, 3.63) is 20.8 Å². The molecule has 1 fully saturated rings. The van der Waals surface area contributed by atoms with Crippen LogP contribution in [0.25, 0.3) is 10.2 Å². The lowest BCUT2D eigenvalue weighted by Crippen LogP contribution is -2.40. The summed E-state index contributed by atoms with van der Waals surface area (Å²) in [6.45, 7) is 2.79. The first kappa shape index (κ1) is 21.8. The fourth-order valence-corrected chi connectivity index (χ4v) is 6.71. The molecule has 0 aliphatic heterocycles. The van der Waals surface area contributed by atoms with Crippen molar-refractivity contribution in [3.63, 3.8) is 0 Å². The van der Waals surface area contributed by atoms with Gasteiger partial charge in [0.25, 0.3) is 5.56 Å². The fourth-order valence-electron chi connectivity index (χ4n) is 4.47. The highest BCUT2D eigenvalue weighted by Gasteiger charge is 2.25. The van der Waals surface area contributed by atoms with Crippen LogP contribution >= 0.6 is 23.1 Å². The predicted molar refractivity (Wildman–Crippen MR) is 123 cm³/mol. The van der Waals surface area contributed by atoms with Crippen LogP contribution in [0.3, 0.4) is 0 Å². The summed E-state index contributed by atoms with van der Waals surface area (Å²) >= 11 is 3.04. The van der Waals surface area contributed by atoms with Gasteiger partial charge in [-0.1, -0.05) is 31.0 Å². The number of hydrogen-bond donors (Lipinski definition) is 1. The summed E-state index contributed by atoms with van der Waals surface area (Å²) in [6.07, 6.45) is 10.1. The van der Waals surface area contributed by atoms with Crippen LogP contribution in [0.1, 0.15) is 62.3 Å². The van der Waals surface area contributed by atoms with Crippen molar-refractivity contribution in [1.82, 2.24) is 14.9 Å². The number of nitrogens with one attached hydrogen (secondary N) is 1. The molecule has 4 rings (SSSR count). The number of fused-ring (bicyclic) bond motifs is 3. The minimum absolute atomic E-state index is 0.0128. The zero-order valence-electron chi connectivity index (χ0n) is 17.9. The molecule has 164 valence electrons. The Morgan fingerprint density at radius 3 is 2.80 bits per heavy atom. The number of amides is 1. The van der Waals surface area contributed by atoms with Gasteiger partial charge in [0.05, 0.1) is 23.8 Å². The topological polar surface area (TPSA) is 73.2 Å². The third-order valence-corrected chi connectivity index (χ3v) is 8.44. The third kappa shape index (κ3) is 4.60. The minimum atomic E-state index is -0.306. The number of rotatable bonds is 7. The van der Waals surface area contributed by atoms with E-state index >= 15 is 0 Å². The molecule has 0 radical (unpaired) electrons. The van der Waals surface area contributed by atoms with E-state index < -0.39 is 0 Å². The molecule has 0 saturated heterocycles. The second kappa shape index (κ2) is 9.83. The van der Waals surface area contributed by atoms with Crippen LogP contribution < -0.4 is 10.9 Å². The van der Waals surface area contributed by atoms with E-state index in [1.807, 2.05) is 6.92 Å². The second-order valence-corrected chi connectivity index (χ2v) is 10.7. The molecule has 2 aromatic rings. The van der Waals surface area contributed by atoms with Crippen LogP contribution in [0.15, 0.2) is 9.95 Å². The zero-order chi connectivity index (χ0) is 21.1. The second-order valence-electron chi connectivity index (χ2n) is 8.34. The van der Waals surface area contributed by atoms with Gasteiger partial charge in [0.2, 0.25) is 5.91 Å². The Balaban J connectivity index is 1.61. The average Bonchev–Trinajstić information content (AvgIpc) is 3.12. The van der Waals surface area contributed by atoms with E-state index in [4.69, 9.17) is 9.72 Å². The van der Waals surface area contributed by atoms with Gasteiger partial charge in [0.15, 0.2) is 5.16 Å². The molecule has 2 aliphatic carbocycles. The van der Waals surface area contributed by atoms with Crippen LogP contribution in [0.5, 0.6) is 0 Å². The molecule has 2 aliphatic rings. The standard InChI is InChI=1S/C22H31N3O3S2/c1-14(19(26)23-15-8-4-3-5-9-15)29-22-24-20-18(21(27)25(22)12-13-28-2)16-10-6-7-11-17(16)30-20/h14-15H,3-13H2,1-2H3,(H,23,26). The number of aryl methyl sites for hydroxylation is 2. The molecule has 8 heteroatoms. The molecular formula is C22H31N3O3S2. The van der Waals surface area contributed by atoms with E-state index in [1.54, 1.807) is 23.0 Å². The zero-order valence-corrected chi connectivity index (χ0v) is 19.5. The highest BCUT2D eigenvalue weighted by molar-refractivity contribution is 8.00. The lowest BCUT2D eigenvalue weighted by Gasteiger charge is -2.24. The summed E-state index contributed by atoms with van der Waals surface area (Å²) in [7, 11) is 1.64. The number of thiophene rings is 1. The van der Waals surface area contributed by atoms with Gasteiger partial charge in [0, 0.05) is 18.0 Å². The quantitative estimate of drug-likeness (QED) is 0.512. The SMILES string of the molecule is COCCn1c(SC(C)C(=O)NC2CCCCC2)nc2sc3c(c2c1=O)CCCC3. The van der Waals surface area contributed by atoms with E-state index in [2.05, 4.69) is 5.32 Å². The van der Waals surface area contributed by atoms with E-state index in [0.29, 0.717) is 18.3 Å². The Hall–Kier alpha value is -1.38. The lowest BCUT2D eigenvalue weighted by molar-refractivity contribution is -0.121. The van der Waals surface area contributed by atoms with Crippen molar-refractivity contribution in [2.24, 2.45) is 0 Å². The summed E-state index contributed by atoms with van der Waals surface area (Å²) in [4.78, 5) is 33.2. The highest BCUT2D eigenvalue weighted by atomic mass is 32.2. The third-order valence-electron chi connectivity index (χ3n) is 6.16. The maximum absolute atomic E-state index is 13.4. The van der Waals surface area contributed by atoms with Crippen molar-refractivity contribution >= 4 is 39.2 Å². The Bertz CT molecular complexity index is 963. The summed E-state index contributed by atoms with van der Waals surface area (Å²) < 4.78 is 6.95. The average molecular weight is 450 g/mol. The number of aromatic nitrogens is 2. The van der Waals surface area contributed by atoms with Crippen LogP contribution in [0.4, 0.5) is 0 Å². The number of ether oxygens (including phenoxy) is 1. The number of thioether (sulfide) groups is 1. The predicted octanol–water partition coefficient (Wildman–Crippen LogP) is 3.91. The van der Waals surface area contributed by atoms with Gasteiger partial charge in [-0.3, -0.25) is 14.2 Å². The smallest absolute Gasteiger partial charge is 0.263 e. The molecule has 1 N–H and O–H groups in total. The van der Waals surface area contributed by atoms with Crippen LogP contribution in [-0.4, -0.2) is 40.5 Å². The molecule has 0 spiro atoms. The molecule has 0 bridgehead atoms. The molecule has 2 heterocycles. The molecular weight excluding hydrogens is 418 g/mol. The van der Waals surface area contributed by atoms with Crippen LogP contribution in [0.2, 0.25) is 0 Å². The Morgan fingerprint density at radius 2 is 2.03 bits per heavy atom. The van der Waals surface area contributed by atoms with E-state index in [-0.39, 0.29) is 22.8 Å². The number of methoxy groups -OCH3 is 1. The lowest BCUT2D eigenvalue weighted by atomic mass is 9.95. The van der Waals surface area contributed by atoms with Crippen molar-refractivity contribution in [2.45, 2.75) is 87.7 Å². The number of carbonyl (C=O) groups excluding carboxylic acids is 1. The Labute approximate surface area is 185 Å². The summed E-state index contributed by atoms with van der Waals surface area (Å²) in [6, 6.07) is 0.282. The van der Waals surface area contributed by atoms with Crippen molar-refractivity contribution in [3.8, 4) is 0 Å². The van der Waals surface area contributed by atoms with Gasteiger partial charge in [-0.2, -0.15) is 0 Å². The van der Waals surface area contributed by atoms with Crippen molar-refractivity contribution in [1.29, 1.82) is 0 Å². The fraction of sp³-hybridized carbons (Fsp3) is 0.682. The molecule has 1 atom stereocenters. The summed E-state index contributed by atoms with van der Waals surface area (Å²) in [5, 5.41) is 4.30. The first-order valence-corrected chi connectivity index (χ1v) is 12.8.